The van der Waals surface area contributed by atoms with Gasteiger partial charge in [0.25, 0.3) is 0 Å². The predicted octanol–water partition coefficient (Wildman–Crippen LogP) is 11.1. The second-order valence-corrected chi connectivity index (χ2v) is 31.8. The van der Waals surface area contributed by atoms with Crippen LogP contribution in [0.4, 0.5) is 17.5 Å². The molecular weight excluding hydrogens is 1540 g/mol. The molecule has 27 nitrogen and oxygen atoms in total. The molecule has 27 heteroatoms. The summed E-state index contributed by atoms with van der Waals surface area (Å²) in [6.07, 6.45) is 56.9. The van der Waals surface area contributed by atoms with Gasteiger partial charge >= 0.3 is 0 Å². The maximum absolute atomic E-state index is 9.74. The Balaban J connectivity index is 0.000000122. The van der Waals surface area contributed by atoms with Crippen LogP contribution in [0.25, 0.3) is 89.4 Å². The van der Waals surface area contributed by atoms with Crippen molar-refractivity contribution in [2.75, 3.05) is 67.1 Å². The average Bonchev–Trinajstić information content (AvgIpc) is 1.44. The van der Waals surface area contributed by atoms with Gasteiger partial charge in [-0.2, -0.15) is 46.4 Å². The third-order valence-electron chi connectivity index (χ3n) is 24.2. The lowest BCUT2D eigenvalue weighted by Crippen LogP contribution is -2.70. The third-order valence-corrected chi connectivity index (χ3v) is 24.2. The van der Waals surface area contributed by atoms with Crippen molar-refractivity contribution < 1.29 is 0 Å². The second kappa shape index (κ2) is 33.2. The molecule has 9 aliphatic heterocycles. The molecule has 0 radical (unpaired) electrons. The highest BCUT2D eigenvalue weighted by Gasteiger charge is 2.48. The molecule has 0 N–H and O–H groups in total. The van der Waals surface area contributed by atoms with E-state index in [4.69, 9.17) is 34.2 Å². The number of hydrogen-bond acceptors (Lipinski definition) is 21. The molecule has 15 aromatic heterocycles. The number of anilines is 3. The number of nitriles is 3. The van der Waals surface area contributed by atoms with Crippen molar-refractivity contribution >= 4 is 40.1 Å². The normalized spacial score (nSPS) is 18.2. The van der Waals surface area contributed by atoms with E-state index in [0.29, 0.717) is 52.9 Å². The van der Waals surface area contributed by atoms with E-state index >= 15 is 0 Å². The van der Waals surface area contributed by atoms with E-state index < -0.39 is 0 Å². The van der Waals surface area contributed by atoms with E-state index in [2.05, 4.69) is 208 Å². The molecule has 602 valence electrons. The quantitative estimate of drug-likeness (QED) is 0.0915. The van der Waals surface area contributed by atoms with Crippen molar-refractivity contribution in [3.05, 3.63) is 259 Å². The Kier molecular flexibility index (Phi) is 20.8. The molecule has 24 heterocycles. The Hall–Kier alpha value is -16.1. The molecule has 7 atom stereocenters. The molecule has 0 aromatic carbocycles. The Morgan fingerprint density at radius 1 is 0.395 bits per heavy atom. The van der Waals surface area contributed by atoms with Gasteiger partial charge in [0, 0.05) is 261 Å². The number of rotatable bonds is 14. The van der Waals surface area contributed by atoms with Crippen molar-refractivity contribution in [1.82, 2.24) is 103 Å². The molecular formula is C97H79N27. The first kappa shape index (κ1) is 77.8. The predicted molar refractivity (Wildman–Crippen MR) is 473 cm³/mol. The highest BCUT2D eigenvalue weighted by atomic mass is 15.4. The maximum Gasteiger partial charge on any atom is 0.128 e. The van der Waals surface area contributed by atoms with Crippen molar-refractivity contribution in [1.29, 1.82) is 15.8 Å². The van der Waals surface area contributed by atoms with Crippen molar-refractivity contribution in [3.63, 3.8) is 0 Å². The van der Waals surface area contributed by atoms with Gasteiger partial charge in [-0.25, -0.2) is 38.5 Å². The molecule has 0 amide bonds. The fourth-order valence-corrected chi connectivity index (χ4v) is 17.9. The molecule has 9 saturated heterocycles. The second-order valence-electron chi connectivity index (χ2n) is 31.8. The van der Waals surface area contributed by atoms with Crippen LogP contribution in [0.5, 0.6) is 0 Å². The van der Waals surface area contributed by atoms with Gasteiger partial charge in [0.05, 0.1) is 88.7 Å². The minimum absolute atomic E-state index is 0.139. The lowest BCUT2D eigenvalue weighted by molar-refractivity contribution is -0.0159. The van der Waals surface area contributed by atoms with Crippen LogP contribution in [0.1, 0.15) is 76.6 Å². The van der Waals surface area contributed by atoms with Gasteiger partial charge in [-0.05, 0) is 135 Å². The molecule has 15 aromatic rings. The van der Waals surface area contributed by atoms with Gasteiger partial charge in [0.1, 0.15) is 47.0 Å². The van der Waals surface area contributed by atoms with Gasteiger partial charge < -0.3 is 14.7 Å². The largest absolute Gasteiger partial charge is 0.353 e. The fourth-order valence-electron chi connectivity index (χ4n) is 17.9. The first-order chi connectivity index (χ1) is 60.7. The SMILES string of the molecule is C#Cc1ccc(/C=C/CN2C3CC2CN(c2ccc(-c4cc(-c5cnn(C)c5)cn5ncc(C#N)c45)cn2)C3)nc1.C#Cc1ccc(C#CC(C)N2C3CC2CN(c2ccc(-c4cc(-c5cnn(C)c5)cn5ncc(C#N)c45)cn2)C3)nc1.C#Cc1ccc(C#CCN2C3CC2CN(c2ccc(-c4cc(-c5cnn(C)c5)cn5ncc(C#N)c45)cn2)C3)nc1. The Bertz CT molecular complexity index is 7000. The van der Waals surface area contributed by atoms with Gasteiger partial charge in [-0.3, -0.25) is 33.7 Å². The number of aromatic nitrogens is 18. The number of piperazine rings is 3. The van der Waals surface area contributed by atoms with E-state index in [1.807, 2.05) is 132 Å². The summed E-state index contributed by atoms with van der Waals surface area (Å²) in [6, 6.07) is 39.9. The zero-order valence-electron chi connectivity index (χ0n) is 68.3. The van der Waals surface area contributed by atoms with Crippen LogP contribution < -0.4 is 14.7 Å². The van der Waals surface area contributed by atoms with E-state index in [1.165, 1.54) is 19.3 Å². The van der Waals surface area contributed by atoms with Crippen LogP contribution >= 0.6 is 0 Å². The van der Waals surface area contributed by atoms with Gasteiger partial charge in [0.2, 0.25) is 0 Å². The van der Waals surface area contributed by atoms with Gasteiger partial charge in [-0.15, -0.1) is 19.3 Å². The molecule has 0 saturated carbocycles. The summed E-state index contributed by atoms with van der Waals surface area (Å²) in [7, 11) is 5.68. The summed E-state index contributed by atoms with van der Waals surface area (Å²) < 4.78 is 10.6. The highest BCUT2D eigenvalue weighted by molar-refractivity contribution is 5.90. The molecule has 9 fully saturated rings. The summed E-state index contributed by atoms with van der Waals surface area (Å²) in [5.41, 5.74) is 20.0. The van der Waals surface area contributed by atoms with Crippen LogP contribution in [0.15, 0.2) is 209 Å². The number of pyridine rings is 9. The monoisotopic (exact) mass is 1620 g/mol. The zero-order chi connectivity index (χ0) is 84.6. The number of hydrogen-bond donors (Lipinski definition) is 0. The average molecular weight is 1620 g/mol. The number of piperidine rings is 3. The number of terminal acetylenes is 3. The molecule has 0 spiro atoms. The minimum atomic E-state index is 0.139. The number of nitrogens with zero attached hydrogens (tertiary/aromatic N) is 27. The maximum atomic E-state index is 9.74. The fraction of sp³-hybridized carbons (Fsp3) is 0.227. The van der Waals surface area contributed by atoms with E-state index in [1.54, 1.807) is 64.8 Å². The van der Waals surface area contributed by atoms with Crippen LogP contribution in [0.3, 0.4) is 0 Å². The van der Waals surface area contributed by atoms with E-state index in [0.717, 1.165) is 187 Å². The van der Waals surface area contributed by atoms with Crippen LogP contribution in [-0.4, -0.2) is 197 Å². The lowest BCUT2D eigenvalue weighted by atomic mass is 9.85. The lowest BCUT2D eigenvalue weighted by Gasteiger charge is -2.58. The molecule has 124 heavy (non-hydrogen) atoms. The van der Waals surface area contributed by atoms with Crippen molar-refractivity contribution in [2.24, 2.45) is 21.1 Å². The molecule has 7 unspecified atom stereocenters. The van der Waals surface area contributed by atoms with E-state index in [9.17, 15) is 15.8 Å². The highest BCUT2D eigenvalue weighted by Crippen LogP contribution is 2.41. The van der Waals surface area contributed by atoms with Gasteiger partial charge in [-0.1, -0.05) is 35.7 Å². The molecule has 6 bridgehead atoms. The third kappa shape index (κ3) is 15.4. The number of aryl methyl sites for hydroxylation is 3. The summed E-state index contributed by atoms with van der Waals surface area (Å²) >= 11 is 0. The smallest absolute Gasteiger partial charge is 0.128 e. The van der Waals surface area contributed by atoms with Crippen LogP contribution in [-0.2, 0) is 21.1 Å². The first-order valence-corrected chi connectivity index (χ1v) is 40.8. The summed E-state index contributed by atoms with van der Waals surface area (Å²) in [5, 5.41) is 55.4. The van der Waals surface area contributed by atoms with Crippen LogP contribution in [0, 0.1) is 94.7 Å². The van der Waals surface area contributed by atoms with Crippen LogP contribution in [0.2, 0.25) is 0 Å². The standard InChI is InChI=1S/C33H27N9.C32H27N9.C32H25N9/c1-4-23-6-9-28(35-14-23)8-5-22(2)42-29-12-30(42)21-40(20-29)32-10-7-24(15-36-32)31-11-25(27-17-37-39(3)18-27)19-41-33(31)26(13-34)16-38-41;2*1-3-22-6-8-27(34-14-22)5-4-10-40-28-12-29(40)21-39(20-28)31-9-7-23(15-35-31)30-11-24(26-17-36-38(2)18-26)19-41-32(30)25(13-33)16-37-41/h1,6-7,9-11,14-19,22,29-30H,12,20-21H2,2-3H3;1,4-9,11,14-19,28-29H,10,12,20-21H2,2H3;1,6-9,11,14-19,28-29H,10,12,20-21H2,2H3/b;5-4+;. The van der Waals surface area contributed by atoms with Gasteiger partial charge in [0.15, 0.2) is 0 Å². The first-order valence-electron chi connectivity index (χ1n) is 40.8. The molecule has 9 aliphatic rings. The summed E-state index contributed by atoms with van der Waals surface area (Å²) in [5.74, 6) is 23.7. The summed E-state index contributed by atoms with van der Waals surface area (Å²) in [4.78, 5) is 42.3. The zero-order valence-corrected chi connectivity index (χ0v) is 68.3. The minimum Gasteiger partial charge on any atom is -0.353 e. The Morgan fingerprint density at radius 2 is 0.782 bits per heavy atom. The topological polar surface area (TPSA) is 274 Å². The van der Waals surface area contributed by atoms with Crippen molar-refractivity contribution in [2.45, 2.75) is 68.5 Å². The molecule has 24 rings (SSSR count). The Labute approximate surface area is 716 Å². The number of fused-ring (bicyclic) bond motifs is 9. The summed E-state index contributed by atoms with van der Waals surface area (Å²) in [6.45, 7) is 9.35. The van der Waals surface area contributed by atoms with E-state index in [-0.39, 0.29) is 6.04 Å². The van der Waals surface area contributed by atoms with Crippen molar-refractivity contribution in [3.8, 4) is 146 Å². The molecule has 0 aliphatic carbocycles. The Morgan fingerprint density at radius 3 is 1.14 bits per heavy atom.